The lowest BCUT2D eigenvalue weighted by atomic mass is 10.2. The van der Waals surface area contributed by atoms with Crippen LogP contribution in [0.25, 0.3) is 0 Å². The summed E-state index contributed by atoms with van der Waals surface area (Å²) in [6, 6.07) is 5.01. The fourth-order valence-electron chi connectivity index (χ4n) is 2.00. The van der Waals surface area contributed by atoms with Gasteiger partial charge in [0.15, 0.2) is 11.5 Å². The van der Waals surface area contributed by atoms with Crippen molar-refractivity contribution in [3.8, 4) is 11.5 Å². The number of halogens is 2. The van der Waals surface area contributed by atoms with Gasteiger partial charge in [-0.05, 0) is 57.0 Å². The lowest BCUT2D eigenvalue weighted by molar-refractivity contribution is 0.102. The lowest BCUT2D eigenvalue weighted by Gasteiger charge is -2.13. The summed E-state index contributed by atoms with van der Waals surface area (Å²) in [5.74, 6) is 0.770. The third-order valence-electron chi connectivity index (χ3n) is 3.21. The van der Waals surface area contributed by atoms with Crippen LogP contribution in [0.15, 0.2) is 39.5 Å². The fourth-order valence-corrected chi connectivity index (χ4v) is 3.13. The Morgan fingerprint density at radius 1 is 1.16 bits per heavy atom. The van der Waals surface area contributed by atoms with E-state index < -0.39 is 0 Å². The first kappa shape index (κ1) is 19.7. The zero-order valence-electron chi connectivity index (χ0n) is 13.8. The molecule has 0 atom stereocenters. The molecule has 1 aromatic carbocycles. The van der Waals surface area contributed by atoms with E-state index in [4.69, 9.17) is 14.2 Å². The van der Waals surface area contributed by atoms with E-state index >= 15 is 0 Å². The molecule has 0 aliphatic rings. The number of carbonyl (C=O) groups excluding carboxylic acids is 1. The molecule has 1 aromatic heterocycles. The van der Waals surface area contributed by atoms with E-state index in [1.165, 1.54) is 0 Å². The van der Waals surface area contributed by atoms with Crippen molar-refractivity contribution in [2.75, 3.05) is 32.2 Å². The van der Waals surface area contributed by atoms with Crippen LogP contribution in [0.4, 0.5) is 5.69 Å². The molecule has 1 N–H and O–H groups in total. The van der Waals surface area contributed by atoms with Crippen molar-refractivity contribution in [1.82, 2.24) is 4.98 Å². The first-order valence-electron chi connectivity index (χ1n) is 7.55. The van der Waals surface area contributed by atoms with Gasteiger partial charge in [0, 0.05) is 24.6 Å². The van der Waals surface area contributed by atoms with Gasteiger partial charge in [-0.15, -0.1) is 0 Å². The Kier molecular flexibility index (Phi) is 7.67. The fraction of sp³-hybridized carbons (Fsp3) is 0.294. The molecule has 0 bridgehead atoms. The number of carbonyl (C=O) groups is 1. The summed E-state index contributed by atoms with van der Waals surface area (Å²) >= 11 is 6.74. The standard InChI is InChI=1S/C17H18Br2N2O4/c1-3-24-6-7-25-15-8-11(4-5-14(15)23-2)17(22)21-16-12(18)9-20-10-13(16)19/h4-5,8-10H,3,6-7H2,1-2H3,(H,20,21,22). The van der Waals surface area contributed by atoms with Crippen LogP contribution in [0.5, 0.6) is 11.5 Å². The summed E-state index contributed by atoms with van der Waals surface area (Å²) in [6.07, 6.45) is 3.22. The Morgan fingerprint density at radius 3 is 2.52 bits per heavy atom. The lowest BCUT2D eigenvalue weighted by Crippen LogP contribution is -2.14. The molecule has 0 saturated carbocycles. The van der Waals surface area contributed by atoms with Gasteiger partial charge in [-0.25, -0.2) is 0 Å². The van der Waals surface area contributed by atoms with Crippen molar-refractivity contribution >= 4 is 43.5 Å². The molecule has 0 fully saturated rings. The first-order valence-corrected chi connectivity index (χ1v) is 9.14. The Labute approximate surface area is 163 Å². The number of hydrogen-bond acceptors (Lipinski definition) is 5. The molecule has 2 aromatic rings. The van der Waals surface area contributed by atoms with E-state index in [1.807, 2.05) is 6.92 Å². The molecule has 0 aliphatic heterocycles. The average molecular weight is 474 g/mol. The van der Waals surface area contributed by atoms with Crippen molar-refractivity contribution < 1.29 is 19.0 Å². The van der Waals surface area contributed by atoms with Gasteiger partial charge in [0.2, 0.25) is 0 Å². The third-order valence-corrected chi connectivity index (χ3v) is 4.41. The van der Waals surface area contributed by atoms with E-state index in [-0.39, 0.29) is 5.91 Å². The number of rotatable bonds is 8. The molecule has 0 radical (unpaired) electrons. The highest BCUT2D eigenvalue weighted by molar-refractivity contribution is 9.11. The van der Waals surface area contributed by atoms with Crippen LogP contribution in [0.2, 0.25) is 0 Å². The molecule has 2 rings (SSSR count). The molecule has 0 spiro atoms. The van der Waals surface area contributed by atoms with Gasteiger partial charge in [-0.2, -0.15) is 0 Å². The van der Waals surface area contributed by atoms with Gasteiger partial charge in [0.25, 0.3) is 5.91 Å². The molecule has 0 saturated heterocycles. The van der Waals surface area contributed by atoms with Crippen LogP contribution in [0.3, 0.4) is 0 Å². The Hall–Kier alpha value is -1.64. The monoisotopic (exact) mass is 472 g/mol. The normalized spacial score (nSPS) is 10.4. The van der Waals surface area contributed by atoms with Crippen LogP contribution in [-0.2, 0) is 4.74 Å². The van der Waals surface area contributed by atoms with Gasteiger partial charge in [-0.3, -0.25) is 9.78 Å². The van der Waals surface area contributed by atoms with Crippen molar-refractivity contribution in [2.45, 2.75) is 6.92 Å². The quantitative estimate of drug-likeness (QED) is 0.579. The molecule has 25 heavy (non-hydrogen) atoms. The molecule has 1 heterocycles. The minimum absolute atomic E-state index is 0.273. The summed E-state index contributed by atoms with van der Waals surface area (Å²) in [5, 5.41) is 2.84. The van der Waals surface area contributed by atoms with Gasteiger partial charge in [0.1, 0.15) is 6.61 Å². The maximum Gasteiger partial charge on any atom is 0.255 e. The summed E-state index contributed by atoms with van der Waals surface area (Å²) in [5.41, 5.74) is 1.05. The molecular weight excluding hydrogens is 456 g/mol. The molecule has 0 unspecified atom stereocenters. The van der Waals surface area contributed by atoms with E-state index in [0.29, 0.717) is 51.5 Å². The summed E-state index contributed by atoms with van der Waals surface area (Å²) in [7, 11) is 1.55. The molecule has 0 aliphatic carbocycles. The van der Waals surface area contributed by atoms with Gasteiger partial charge < -0.3 is 19.5 Å². The van der Waals surface area contributed by atoms with Crippen LogP contribution in [-0.4, -0.2) is 37.8 Å². The molecule has 8 heteroatoms. The number of hydrogen-bond donors (Lipinski definition) is 1. The predicted octanol–water partition coefficient (Wildman–Crippen LogP) is 4.28. The number of anilines is 1. The highest BCUT2D eigenvalue weighted by Crippen LogP contribution is 2.31. The van der Waals surface area contributed by atoms with Gasteiger partial charge >= 0.3 is 0 Å². The summed E-state index contributed by atoms with van der Waals surface area (Å²) in [6.45, 7) is 3.38. The molecular formula is C17H18Br2N2O4. The molecule has 134 valence electrons. The van der Waals surface area contributed by atoms with E-state index in [9.17, 15) is 4.79 Å². The minimum Gasteiger partial charge on any atom is -0.493 e. The number of nitrogens with zero attached hydrogens (tertiary/aromatic N) is 1. The van der Waals surface area contributed by atoms with Crippen LogP contribution in [0, 0.1) is 0 Å². The van der Waals surface area contributed by atoms with Crippen molar-refractivity contribution in [1.29, 1.82) is 0 Å². The Bertz CT molecular complexity index is 720. The maximum absolute atomic E-state index is 12.6. The first-order chi connectivity index (χ1) is 12.1. The number of methoxy groups -OCH3 is 1. The average Bonchev–Trinajstić information content (AvgIpc) is 2.61. The Morgan fingerprint density at radius 2 is 1.88 bits per heavy atom. The second-order valence-electron chi connectivity index (χ2n) is 4.84. The number of nitrogens with one attached hydrogen (secondary N) is 1. The SMILES string of the molecule is CCOCCOc1cc(C(=O)Nc2c(Br)cncc2Br)ccc1OC. The topological polar surface area (TPSA) is 69.7 Å². The second kappa shape index (κ2) is 9.74. The third kappa shape index (κ3) is 5.42. The highest BCUT2D eigenvalue weighted by Gasteiger charge is 2.14. The van der Waals surface area contributed by atoms with Crippen LogP contribution in [0.1, 0.15) is 17.3 Å². The number of benzene rings is 1. The number of ether oxygens (including phenoxy) is 3. The van der Waals surface area contributed by atoms with Crippen molar-refractivity contribution in [3.05, 3.63) is 45.1 Å². The number of amides is 1. The smallest absolute Gasteiger partial charge is 0.255 e. The van der Waals surface area contributed by atoms with Crippen LogP contribution >= 0.6 is 31.9 Å². The van der Waals surface area contributed by atoms with Crippen LogP contribution < -0.4 is 14.8 Å². The van der Waals surface area contributed by atoms with E-state index in [0.717, 1.165) is 0 Å². The highest BCUT2D eigenvalue weighted by atomic mass is 79.9. The molecule has 1 amide bonds. The summed E-state index contributed by atoms with van der Waals surface area (Å²) < 4.78 is 17.5. The van der Waals surface area contributed by atoms with Gasteiger partial charge in [0.05, 0.1) is 28.3 Å². The van der Waals surface area contributed by atoms with E-state index in [2.05, 4.69) is 42.2 Å². The summed E-state index contributed by atoms with van der Waals surface area (Å²) in [4.78, 5) is 16.6. The second-order valence-corrected chi connectivity index (χ2v) is 6.55. The zero-order chi connectivity index (χ0) is 18.2. The molecule has 6 nitrogen and oxygen atoms in total. The minimum atomic E-state index is -0.273. The number of aromatic nitrogens is 1. The number of pyridine rings is 1. The van der Waals surface area contributed by atoms with E-state index in [1.54, 1.807) is 37.7 Å². The predicted molar refractivity (Wildman–Crippen MR) is 103 cm³/mol. The largest absolute Gasteiger partial charge is 0.493 e. The zero-order valence-corrected chi connectivity index (χ0v) is 17.0. The van der Waals surface area contributed by atoms with Crippen molar-refractivity contribution in [2.24, 2.45) is 0 Å². The Balaban J connectivity index is 2.16. The maximum atomic E-state index is 12.6. The van der Waals surface area contributed by atoms with Crippen molar-refractivity contribution in [3.63, 3.8) is 0 Å². The van der Waals surface area contributed by atoms with Gasteiger partial charge in [-0.1, -0.05) is 0 Å².